The van der Waals surface area contributed by atoms with E-state index in [9.17, 15) is 31.2 Å². The van der Waals surface area contributed by atoms with E-state index in [1.807, 2.05) is 16.7 Å². The maximum absolute atomic E-state index is 14.2. The summed E-state index contributed by atoms with van der Waals surface area (Å²) in [5.41, 5.74) is 1.59. The van der Waals surface area contributed by atoms with E-state index in [2.05, 4.69) is 30.2 Å². The Morgan fingerprint density at radius 3 is 2.47 bits per heavy atom. The van der Waals surface area contributed by atoms with Crippen molar-refractivity contribution < 1.29 is 35.9 Å². The van der Waals surface area contributed by atoms with Crippen LogP contribution in [-0.2, 0) is 32.2 Å². The highest BCUT2D eigenvalue weighted by Crippen LogP contribution is 2.46. The molecule has 0 unspecified atom stereocenters. The number of H-pyrrole nitrogens is 1. The molecule has 2 saturated carbocycles. The van der Waals surface area contributed by atoms with Crippen LogP contribution in [0.3, 0.4) is 0 Å². The van der Waals surface area contributed by atoms with Crippen LogP contribution in [0.2, 0.25) is 0 Å². The molecule has 2 amide bonds. The van der Waals surface area contributed by atoms with E-state index in [4.69, 9.17) is 4.74 Å². The van der Waals surface area contributed by atoms with Crippen molar-refractivity contribution in [2.24, 2.45) is 5.41 Å². The molecule has 0 aliphatic heterocycles. The number of nitrogens with zero attached hydrogens (tertiary/aromatic N) is 5. The average molecular weight is 729 g/mol. The molecule has 0 bridgehead atoms. The number of aryl methyl sites for hydroxylation is 1. The molecule has 2 fully saturated rings. The van der Waals surface area contributed by atoms with Crippen molar-refractivity contribution in [1.82, 2.24) is 29.6 Å². The fraction of sp³-hybridized carbons (Fsp3) is 0.471. The summed E-state index contributed by atoms with van der Waals surface area (Å²) in [6.45, 7) is 1.17. The number of nitrogens with one attached hydrogen (secondary N) is 3. The fourth-order valence-electron chi connectivity index (χ4n) is 6.77. The minimum absolute atomic E-state index is 0.0510. The number of anilines is 2. The molecule has 4 heterocycles. The average Bonchev–Trinajstić information content (AvgIpc) is 3.68. The van der Waals surface area contributed by atoms with E-state index in [1.54, 1.807) is 19.2 Å². The van der Waals surface area contributed by atoms with Crippen molar-refractivity contribution in [1.29, 1.82) is 0 Å². The van der Waals surface area contributed by atoms with Gasteiger partial charge in [0.15, 0.2) is 5.65 Å². The van der Waals surface area contributed by atoms with Crippen LogP contribution in [0.5, 0.6) is 0 Å². The van der Waals surface area contributed by atoms with Crippen molar-refractivity contribution in [3.05, 3.63) is 59.2 Å². The highest BCUT2D eigenvalue weighted by atomic mass is 32.2. The lowest BCUT2D eigenvalue weighted by molar-refractivity contribution is -0.138. The minimum Gasteiger partial charge on any atom is -0.384 e. The molecule has 0 radical (unpaired) electrons. The van der Waals surface area contributed by atoms with Gasteiger partial charge in [-0.25, -0.2) is 13.4 Å². The first-order valence-corrected chi connectivity index (χ1v) is 18.5. The number of aromatic amines is 1. The second kappa shape index (κ2) is 14.2. The van der Waals surface area contributed by atoms with Crippen molar-refractivity contribution >= 4 is 44.6 Å². The lowest BCUT2D eigenvalue weighted by Gasteiger charge is -2.34. The standard InChI is InChI=1S/C34H39F3N8O5S/c1-45(18-33(19-50-2)12-4-5-13-33)26-15-25(22-14-23(34(35,36)37)28(39-17-22)21-8-9-21)40-30-29(26)41-32(42-30)43-31(47)24-10-6-20(16-38-24)7-11-27(46)44-51(3,48)49/h6,10,14-17,21H,4-5,7-9,11-13,18-19H2,1-3H3,(H,44,46)(H2,40,41,42,43,47). The second-order valence-electron chi connectivity index (χ2n) is 13.5. The van der Waals surface area contributed by atoms with Gasteiger partial charge in [-0.15, -0.1) is 0 Å². The number of sulfonamides is 1. The van der Waals surface area contributed by atoms with Crippen LogP contribution in [0.1, 0.15) is 78.2 Å². The zero-order chi connectivity index (χ0) is 36.6. The second-order valence-corrected chi connectivity index (χ2v) is 15.3. The number of pyridine rings is 3. The number of carbonyl (C=O) groups is 2. The smallest absolute Gasteiger partial charge is 0.384 e. The van der Waals surface area contributed by atoms with Gasteiger partial charge in [0, 0.05) is 56.4 Å². The Kier molecular flexibility index (Phi) is 10.0. The van der Waals surface area contributed by atoms with Crippen molar-refractivity contribution in [2.75, 3.05) is 43.8 Å². The zero-order valence-corrected chi connectivity index (χ0v) is 29.2. The van der Waals surface area contributed by atoms with Gasteiger partial charge < -0.3 is 14.6 Å². The summed E-state index contributed by atoms with van der Waals surface area (Å²) in [7, 11) is -0.0883. The number of alkyl halides is 3. The predicted octanol–water partition coefficient (Wildman–Crippen LogP) is 5.21. The number of aromatic nitrogens is 5. The summed E-state index contributed by atoms with van der Waals surface area (Å²) in [5, 5.41) is 2.69. The molecule has 2 aliphatic rings. The monoisotopic (exact) mass is 728 g/mol. The molecule has 272 valence electrons. The fourth-order valence-corrected chi connectivity index (χ4v) is 7.28. The van der Waals surface area contributed by atoms with Crippen LogP contribution in [0.4, 0.5) is 24.8 Å². The number of imidazole rings is 1. The molecular weight excluding hydrogens is 689 g/mol. The van der Waals surface area contributed by atoms with Gasteiger partial charge in [-0.1, -0.05) is 18.9 Å². The summed E-state index contributed by atoms with van der Waals surface area (Å²) >= 11 is 0. The number of rotatable bonds is 13. The topological polar surface area (TPSA) is 172 Å². The summed E-state index contributed by atoms with van der Waals surface area (Å²) in [6, 6.07) is 5.88. The third kappa shape index (κ3) is 8.64. The van der Waals surface area contributed by atoms with Gasteiger partial charge >= 0.3 is 6.18 Å². The van der Waals surface area contributed by atoms with Gasteiger partial charge in [0.2, 0.25) is 21.9 Å². The Labute approximate surface area is 292 Å². The summed E-state index contributed by atoms with van der Waals surface area (Å²) in [4.78, 5) is 47.7. The summed E-state index contributed by atoms with van der Waals surface area (Å²) in [5.74, 6) is -1.39. The number of methoxy groups -OCH3 is 1. The Morgan fingerprint density at radius 1 is 1.10 bits per heavy atom. The Balaban J connectivity index is 1.29. The minimum atomic E-state index is -4.58. The molecule has 0 atom stereocenters. The molecule has 2 aliphatic carbocycles. The maximum Gasteiger partial charge on any atom is 0.418 e. The van der Waals surface area contributed by atoms with E-state index in [1.165, 1.54) is 18.5 Å². The van der Waals surface area contributed by atoms with Gasteiger partial charge in [-0.2, -0.15) is 18.2 Å². The molecule has 4 aromatic rings. The molecule has 13 nitrogen and oxygen atoms in total. The maximum atomic E-state index is 14.2. The lowest BCUT2D eigenvalue weighted by Crippen LogP contribution is -2.37. The number of hydrogen-bond acceptors (Lipinski definition) is 10. The Bertz CT molecular complexity index is 2040. The molecule has 0 saturated heterocycles. The Morgan fingerprint density at radius 2 is 1.84 bits per heavy atom. The molecule has 3 N–H and O–H groups in total. The molecule has 4 aromatic heterocycles. The van der Waals surface area contributed by atoms with Gasteiger partial charge in [0.05, 0.1) is 35.5 Å². The molecular formula is C34H39F3N8O5S. The van der Waals surface area contributed by atoms with Gasteiger partial charge in [0.25, 0.3) is 5.91 Å². The SMILES string of the molecule is COCC1(CN(C)c2cc(-c3cnc(C4CC4)c(C(F)(F)F)c3)nc3nc(NC(=O)c4ccc(CCC(=O)NS(C)(=O)=O)cn4)[nH]c23)CCCC1. The number of hydrogen-bond donors (Lipinski definition) is 3. The van der Waals surface area contributed by atoms with Crippen LogP contribution in [0.25, 0.3) is 22.4 Å². The number of ether oxygens (including phenoxy) is 1. The molecule has 51 heavy (non-hydrogen) atoms. The largest absolute Gasteiger partial charge is 0.418 e. The molecule has 6 rings (SSSR count). The first kappa shape index (κ1) is 36.2. The lowest BCUT2D eigenvalue weighted by atomic mass is 9.86. The quantitative estimate of drug-likeness (QED) is 0.166. The van der Waals surface area contributed by atoms with Gasteiger partial charge in [0.1, 0.15) is 11.2 Å². The van der Waals surface area contributed by atoms with Crippen LogP contribution in [0, 0.1) is 5.41 Å². The first-order chi connectivity index (χ1) is 24.1. The van der Waals surface area contributed by atoms with E-state index < -0.39 is 33.6 Å². The van der Waals surface area contributed by atoms with E-state index in [-0.39, 0.29) is 58.4 Å². The molecule has 17 heteroatoms. The van der Waals surface area contributed by atoms with E-state index >= 15 is 0 Å². The third-order valence-electron chi connectivity index (χ3n) is 9.25. The highest BCUT2D eigenvalue weighted by molar-refractivity contribution is 7.89. The number of carbonyl (C=O) groups excluding carboxylic acids is 2. The molecule has 0 aromatic carbocycles. The number of fused-ring (bicyclic) bond motifs is 1. The highest BCUT2D eigenvalue weighted by Gasteiger charge is 2.40. The van der Waals surface area contributed by atoms with Crippen LogP contribution < -0.4 is 14.9 Å². The molecule has 0 spiro atoms. The third-order valence-corrected chi connectivity index (χ3v) is 9.85. The zero-order valence-electron chi connectivity index (χ0n) is 28.4. The van der Waals surface area contributed by atoms with Gasteiger partial charge in [-0.3, -0.25) is 29.6 Å². The summed E-state index contributed by atoms with van der Waals surface area (Å²) in [6.07, 6.45) is 4.69. The normalized spacial score (nSPS) is 16.0. The van der Waals surface area contributed by atoms with E-state index in [0.29, 0.717) is 42.8 Å². The number of amides is 2. The van der Waals surface area contributed by atoms with Crippen molar-refractivity contribution in [3.63, 3.8) is 0 Å². The van der Waals surface area contributed by atoms with Crippen molar-refractivity contribution in [2.45, 2.75) is 63.5 Å². The van der Waals surface area contributed by atoms with E-state index in [0.717, 1.165) is 38.0 Å². The Hall–Kier alpha value is -4.64. The summed E-state index contributed by atoms with van der Waals surface area (Å²) < 4.78 is 72.5. The number of halogens is 3. The van der Waals surface area contributed by atoms with Gasteiger partial charge in [-0.05, 0) is 55.9 Å². The van der Waals surface area contributed by atoms with Crippen LogP contribution in [0.15, 0.2) is 36.7 Å². The first-order valence-electron chi connectivity index (χ1n) is 16.6. The predicted molar refractivity (Wildman–Crippen MR) is 184 cm³/mol. The van der Waals surface area contributed by atoms with Crippen LogP contribution >= 0.6 is 0 Å². The van der Waals surface area contributed by atoms with Crippen molar-refractivity contribution in [3.8, 4) is 11.3 Å². The van der Waals surface area contributed by atoms with Crippen LogP contribution in [-0.4, -0.2) is 78.7 Å².